The van der Waals surface area contributed by atoms with Crippen LogP contribution in [0.25, 0.3) is 0 Å². The Balaban J connectivity index is 0. The predicted octanol–water partition coefficient (Wildman–Crippen LogP) is 0.610. The molecule has 0 atom stereocenters. The van der Waals surface area contributed by atoms with E-state index < -0.39 is 0 Å². The minimum Gasteiger partial charge on any atom is -0.355 e. The van der Waals surface area contributed by atoms with Crippen LogP contribution in [0.4, 0.5) is 0 Å². The standard InChI is InChI=1S/C10H22N4O.HI/c1-6-7-11-9(15)8-12-10(13(2)3)14(4)5;/h6-8H2,1-5H3,(H,11,15);1H. The van der Waals surface area contributed by atoms with Gasteiger partial charge in [0.25, 0.3) is 0 Å². The van der Waals surface area contributed by atoms with Crippen LogP contribution in [0.5, 0.6) is 0 Å². The Morgan fingerprint density at radius 2 is 1.69 bits per heavy atom. The fourth-order valence-electron chi connectivity index (χ4n) is 1.15. The monoisotopic (exact) mass is 342 g/mol. The van der Waals surface area contributed by atoms with E-state index in [9.17, 15) is 4.79 Å². The molecule has 16 heavy (non-hydrogen) atoms. The molecule has 5 nitrogen and oxygen atoms in total. The average molecular weight is 342 g/mol. The van der Waals surface area contributed by atoms with Crippen molar-refractivity contribution >= 4 is 35.8 Å². The second kappa shape index (κ2) is 9.68. The van der Waals surface area contributed by atoms with Crippen LogP contribution in [0.15, 0.2) is 4.99 Å². The summed E-state index contributed by atoms with van der Waals surface area (Å²) in [4.78, 5) is 19.3. The first-order chi connectivity index (χ1) is 6.99. The van der Waals surface area contributed by atoms with Crippen molar-refractivity contribution in [1.29, 1.82) is 0 Å². The van der Waals surface area contributed by atoms with E-state index >= 15 is 0 Å². The van der Waals surface area contributed by atoms with E-state index in [0.717, 1.165) is 12.4 Å². The van der Waals surface area contributed by atoms with Crippen LogP contribution in [-0.4, -0.2) is 62.9 Å². The van der Waals surface area contributed by atoms with Crippen LogP contribution < -0.4 is 5.32 Å². The first-order valence-corrected chi connectivity index (χ1v) is 5.14. The van der Waals surface area contributed by atoms with E-state index in [4.69, 9.17) is 0 Å². The fourth-order valence-corrected chi connectivity index (χ4v) is 1.15. The van der Waals surface area contributed by atoms with Crippen molar-refractivity contribution in [2.24, 2.45) is 4.99 Å². The molecule has 0 fully saturated rings. The topological polar surface area (TPSA) is 47.9 Å². The summed E-state index contributed by atoms with van der Waals surface area (Å²) in [5.74, 6) is 0.764. The molecule has 0 spiro atoms. The fraction of sp³-hybridized carbons (Fsp3) is 0.800. The van der Waals surface area contributed by atoms with Crippen molar-refractivity contribution in [2.45, 2.75) is 13.3 Å². The largest absolute Gasteiger partial charge is 0.355 e. The number of hydrogen-bond acceptors (Lipinski definition) is 2. The molecule has 0 saturated carbocycles. The summed E-state index contributed by atoms with van der Waals surface area (Å²) in [6.07, 6.45) is 0.948. The maximum atomic E-state index is 11.3. The Hall–Kier alpha value is -0.530. The molecular weight excluding hydrogens is 319 g/mol. The molecule has 6 heteroatoms. The van der Waals surface area contributed by atoms with Crippen LogP contribution in [0.3, 0.4) is 0 Å². The van der Waals surface area contributed by atoms with Gasteiger partial charge in [-0.15, -0.1) is 24.0 Å². The third-order valence-electron chi connectivity index (χ3n) is 1.74. The Bertz CT molecular complexity index is 219. The smallest absolute Gasteiger partial charge is 0.241 e. The van der Waals surface area contributed by atoms with E-state index in [0.29, 0.717) is 6.54 Å². The van der Waals surface area contributed by atoms with Crippen LogP contribution in [-0.2, 0) is 4.79 Å². The van der Waals surface area contributed by atoms with Crippen LogP contribution in [0, 0.1) is 0 Å². The summed E-state index contributed by atoms with van der Waals surface area (Å²) in [5, 5.41) is 2.78. The molecule has 1 N–H and O–H groups in total. The molecule has 0 aliphatic carbocycles. The highest BCUT2D eigenvalue weighted by Crippen LogP contribution is 1.88. The molecule has 0 rings (SSSR count). The van der Waals surface area contributed by atoms with Crippen molar-refractivity contribution in [2.75, 3.05) is 41.3 Å². The molecule has 1 amide bonds. The van der Waals surface area contributed by atoms with Gasteiger partial charge in [-0.2, -0.15) is 0 Å². The normalized spacial score (nSPS) is 8.81. The van der Waals surface area contributed by atoms with E-state index in [1.807, 2.05) is 44.9 Å². The molecule has 0 aromatic carbocycles. The number of carbonyl (C=O) groups is 1. The number of carbonyl (C=O) groups excluding carboxylic acids is 1. The zero-order chi connectivity index (χ0) is 11.8. The lowest BCUT2D eigenvalue weighted by atomic mass is 10.4. The predicted molar refractivity (Wildman–Crippen MR) is 78.4 cm³/mol. The number of nitrogens with zero attached hydrogens (tertiary/aromatic N) is 3. The highest BCUT2D eigenvalue weighted by molar-refractivity contribution is 14.0. The van der Waals surface area contributed by atoms with Gasteiger partial charge in [-0.05, 0) is 6.42 Å². The maximum absolute atomic E-state index is 11.3. The van der Waals surface area contributed by atoms with Crippen molar-refractivity contribution in [3.05, 3.63) is 0 Å². The van der Waals surface area contributed by atoms with Gasteiger partial charge in [0.15, 0.2) is 5.96 Å². The quantitative estimate of drug-likeness (QED) is 0.463. The zero-order valence-corrected chi connectivity index (χ0v) is 13.1. The van der Waals surface area contributed by atoms with Crippen LogP contribution >= 0.6 is 24.0 Å². The summed E-state index contributed by atoms with van der Waals surface area (Å²) < 4.78 is 0. The SMILES string of the molecule is CCCNC(=O)CN=C(N(C)C)N(C)C.I. The zero-order valence-electron chi connectivity index (χ0n) is 10.8. The lowest BCUT2D eigenvalue weighted by Gasteiger charge is -2.22. The van der Waals surface area contributed by atoms with Crippen molar-refractivity contribution < 1.29 is 4.79 Å². The summed E-state index contributed by atoms with van der Waals surface area (Å²) in [6.45, 7) is 2.92. The first kappa shape index (κ1) is 17.9. The second-order valence-electron chi connectivity index (χ2n) is 3.76. The van der Waals surface area contributed by atoms with Crippen molar-refractivity contribution in [3.8, 4) is 0 Å². The number of nitrogens with one attached hydrogen (secondary N) is 1. The number of amides is 1. The molecule has 0 heterocycles. The molecule has 0 aliphatic heterocycles. The third-order valence-corrected chi connectivity index (χ3v) is 1.74. The number of guanidine groups is 1. The van der Waals surface area contributed by atoms with E-state index in [2.05, 4.69) is 10.3 Å². The molecule has 0 aliphatic rings. The molecule has 0 unspecified atom stereocenters. The van der Waals surface area contributed by atoms with Crippen molar-refractivity contribution in [1.82, 2.24) is 15.1 Å². The minimum atomic E-state index is -0.0296. The Morgan fingerprint density at radius 3 is 2.06 bits per heavy atom. The molecule has 0 bridgehead atoms. The van der Waals surface area contributed by atoms with Gasteiger partial charge in [0.05, 0.1) is 0 Å². The molecule has 0 aromatic rings. The summed E-state index contributed by atoms with van der Waals surface area (Å²) in [6, 6.07) is 0. The Morgan fingerprint density at radius 1 is 1.19 bits per heavy atom. The van der Waals surface area contributed by atoms with E-state index in [1.165, 1.54) is 0 Å². The third kappa shape index (κ3) is 7.72. The Labute approximate surface area is 115 Å². The van der Waals surface area contributed by atoms with Gasteiger partial charge < -0.3 is 15.1 Å². The summed E-state index contributed by atoms with van der Waals surface area (Å²) >= 11 is 0. The van der Waals surface area contributed by atoms with Gasteiger partial charge in [-0.1, -0.05) is 6.92 Å². The van der Waals surface area contributed by atoms with Crippen LogP contribution in [0.2, 0.25) is 0 Å². The summed E-state index contributed by atoms with van der Waals surface area (Å²) in [5.41, 5.74) is 0. The highest BCUT2D eigenvalue weighted by atomic mass is 127. The Kier molecular flexibility index (Phi) is 10.8. The average Bonchev–Trinajstić information content (AvgIpc) is 2.13. The number of halogens is 1. The van der Waals surface area contributed by atoms with E-state index in [-0.39, 0.29) is 36.4 Å². The number of rotatable bonds is 4. The minimum absolute atomic E-state index is 0. The van der Waals surface area contributed by atoms with E-state index in [1.54, 1.807) is 0 Å². The second-order valence-corrected chi connectivity index (χ2v) is 3.76. The first-order valence-electron chi connectivity index (χ1n) is 5.14. The number of aliphatic imine (C=N–C) groups is 1. The molecule has 96 valence electrons. The summed E-state index contributed by atoms with van der Waals surface area (Å²) in [7, 11) is 7.62. The molecule has 0 aromatic heterocycles. The molecular formula is C10H23IN4O. The highest BCUT2D eigenvalue weighted by Gasteiger charge is 2.05. The van der Waals surface area contributed by atoms with Gasteiger partial charge in [0, 0.05) is 34.7 Å². The van der Waals surface area contributed by atoms with Gasteiger partial charge >= 0.3 is 0 Å². The van der Waals surface area contributed by atoms with Crippen LogP contribution in [0.1, 0.15) is 13.3 Å². The van der Waals surface area contributed by atoms with Gasteiger partial charge in [0.1, 0.15) is 6.54 Å². The molecule has 0 radical (unpaired) electrons. The van der Waals surface area contributed by atoms with Gasteiger partial charge in [0.2, 0.25) is 5.91 Å². The molecule has 0 saturated heterocycles. The van der Waals surface area contributed by atoms with Crippen molar-refractivity contribution in [3.63, 3.8) is 0 Å². The maximum Gasteiger partial charge on any atom is 0.241 e. The van der Waals surface area contributed by atoms with Gasteiger partial charge in [-0.25, -0.2) is 4.99 Å². The van der Waals surface area contributed by atoms with Gasteiger partial charge in [-0.3, -0.25) is 4.79 Å². The number of hydrogen-bond donors (Lipinski definition) is 1. The lowest BCUT2D eigenvalue weighted by Crippen LogP contribution is -2.37. The lowest BCUT2D eigenvalue weighted by molar-refractivity contribution is -0.119.